The van der Waals surface area contributed by atoms with Gasteiger partial charge in [0.1, 0.15) is 11.8 Å². The highest BCUT2D eigenvalue weighted by Gasteiger charge is 2.43. The van der Waals surface area contributed by atoms with Gasteiger partial charge < -0.3 is 14.5 Å². The minimum Gasteiger partial charge on any atom is -0.492 e. The van der Waals surface area contributed by atoms with Gasteiger partial charge in [-0.1, -0.05) is 36.4 Å². The van der Waals surface area contributed by atoms with Gasteiger partial charge in [0.25, 0.3) is 0 Å². The van der Waals surface area contributed by atoms with E-state index in [1.54, 1.807) is 23.9 Å². The molecule has 1 saturated heterocycles. The Morgan fingerprint density at radius 1 is 1.06 bits per heavy atom. The van der Waals surface area contributed by atoms with E-state index < -0.39 is 6.04 Å². The molecule has 32 heavy (non-hydrogen) atoms. The van der Waals surface area contributed by atoms with E-state index in [1.807, 2.05) is 30.3 Å². The fourth-order valence-corrected chi connectivity index (χ4v) is 5.51. The van der Waals surface area contributed by atoms with Crippen molar-refractivity contribution in [1.82, 2.24) is 9.80 Å². The second-order valence-electron chi connectivity index (χ2n) is 9.50. The monoisotopic (exact) mass is 433 g/mol. The van der Waals surface area contributed by atoms with Gasteiger partial charge in [-0.3, -0.25) is 14.5 Å². The van der Waals surface area contributed by atoms with Gasteiger partial charge in [0.2, 0.25) is 11.8 Å². The lowest BCUT2D eigenvalue weighted by molar-refractivity contribution is -0.132. The first kappa shape index (κ1) is 21.0. The van der Waals surface area contributed by atoms with Crippen LogP contribution in [0.2, 0.25) is 0 Å². The van der Waals surface area contributed by atoms with Crippen LogP contribution in [0.4, 0.5) is 5.69 Å². The first-order chi connectivity index (χ1) is 15.5. The maximum atomic E-state index is 13.3. The number of rotatable bonds is 4. The molecule has 1 atom stereocenters. The molecule has 3 heterocycles. The van der Waals surface area contributed by atoms with Gasteiger partial charge in [0.15, 0.2) is 0 Å². The average Bonchev–Trinajstić information content (AvgIpc) is 3.37. The summed E-state index contributed by atoms with van der Waals surface area (Å²) >= 11 is 0. The molecule has 0 unspecified atom stereocenters. The molecule has 6 heteroatoms. The van der Waals surface area contributed by atoms with E-state index in [0.717, 1.165) is 56.1 Å². The third-order valence-corrected chi connectivity index (χ3v) is 7.39. The normalized spacial score (nSPS) is 21.2. The molecule has 2 aromatic carbocycles. The highest BCUT2D eigenvalue weighted by molar-refractivity contribution is 6.03. The zero-order valence-corrected chi connectivity index (χ0v) is 18.9. The number of amides is 2. The lowest BCUT2D eigenvalue weighted by atomic mass is 9.74. The predicted molar refractivity (Wildman–Crippen MR) is 124 cm³/mol. The Bertz CT molecular complexity index is 1030. The number of para-hydroxylation sites is 2. The molecule has 5 rings (SSSR count). The molecule has 0 aliphatic carbocycles. The van der Waals surface area contributed by atoms with Crippen molar-refractivity contribution in [2.45, 2.75) is 37.1 Å². The zero-order valence-electron chi connectivity index (χ0n) is 18.9. The molecule has 6 nitrogen and oxygen atoms in total. The van der Waals surface area contributed by atoms with Crippen LogP contribution in [0.15, 0.2) is 48.5 Å². The standard InChI is InChI=1S/C26H31N3O3/c1-27(2)25(31)22-17-19-7-3-5-9-21(19)29(22)24(30)11-14-28-15-12-26(13-16-28)18-32-23-10-6-4-8-20(23)26/h3-10,22H,11-18H2,1-2H3/t22-/m0/s1. The summed E-state index contributed by atoms with van der Waals surface area (Å²) in [7, 11) is 3.50. The van der Waals surface area contributed by atoms with Crippen LogP contribution >= 0.6 is 0 Å². The van der Waals surface area contributed by atoms with Crippen LogP contribution in [-0.4, -0.2) is 68.0 Å². The second kappa shape index (κ2) is 8.24. The molecule has 1 fully saturated rings. The molecular weight excluding hydrogens is 402 g/mol. The number of anilines is 1. The van der Waals surface area contributed by atoms with Crippen LogP contribution in [0.3, 0.4) is 0 Å². The predicted octanol–water partition coefficient (Wildman–Crippen LogP) is 2.85. The lowest BCUT2D eigenvalue weighted by Crippen LogP contribution is -2.49. The van der Waals surface area contributed by atoms with Gasteiger partial charge in [0, 0.05) is 50.1 Å². The Hall–Kier alpha value is -2.86. The van der Waals surface area contributed by atoms with Gasteiger partial charge in [-0.2, -0.15) is 0 Å². The Morgan fingerprint density at radius 2 is 1.78 bits per heavy atom. The van der Waals surface area contributed by atoms with Crippen LogP contribution in [-0.2, 0) is 21.4 Å². The third kappa shape index (κ3) is 3.56. The van der Waals surface area contributed by atoms with Crippen molar-refractivity contribution in [2.24, 2.45) is 0 Å². The number of likely N-dealkylation sites (N-methyl/N-ethyl adjacent to an activating group) is 1. The summed E-state index contributed by atoms with van der Waals surface area (Å²) in [5, 5.41) is 0. The fraction of sp³-hybridized carbons (Fsp3) is 0.462. The van der Waals surface area contributed by atoms with Crippen molar-refractivity contribution in [3.63, 3.8) is 0 Å². The molecular formula is C26H31N3O3. The van der Waals surface area contributed by atoms with Crippen molar-refractivity contribution >= 4 is 17.5 Å². The van der Waals surface area contributed by atoms with E-state index in [1.165, 1.54) is 5.56 Å². The fourth-order valence-electron chi connectivity index (χ4n) is 5.51. The number of piperidine rings is 1. The summed E-state index contributed by atoms with van der Waals surface area (Å²) in [6, 6.07) is 15.8. The van der Waals surface area contributed by atoms with Crippen molar-refractivity contribution in [3.05, 3.63) is 59.7 Å². The van der Waals surface area contributed by atoms with E-state index in [9.17, 15) is 9.59 Å². The largest absolute Gasteiger partial charge is 0.492 e. The molecule has 0 aromatic heterocycles. The van der Waals surface area contributed by atoms with Crippen LogP contribution in [0.1, 0.15) is 30.4 Å². The highest BCUT2D eigenvalue weighted by atomic mass is 16.5. The summed E-state index contributed by atoms with van der Waals surface area (Å²) in [6.07, 6.45) is 3.11. The Balaban J connectivity index is 1.23. The Labute approximate surface area is 189 Å². The van der Waals surface area contributed by atoms with E-state index in [4.69, 9.17) is 4.74 Å². The van der Waals surface area contributed by atoms with E-state index in [-0.39, 0.29) is 17.2 Å². The van der Waals surface area contributed by atoms with Crippen molar-refractivity contribution in [1.29, 1.82) is 0 Å². The maximum Gasteiger partial charge on any atom is 0.245 e. The quantitative estimate of drug-likeness (QED) is 0.744. The lowest BCUT2D eigenvalue weighted by Gasteiger charge is -2.38. The molecule has 2 aromatic rings. The van der Waals surface area contributed by atoms with Crippen molar-refractivity contribution < 1.29 is 14.3 Å². The highest BCUT2D eigenvalue weighted by Crippen LogP contribution is 2.45. The van der Waals surface area contributed by atoms with E-state index in [0.29, 0.717) is 12.8 Å². The first-order valence-electron chi connectivity index (χ1n) is 11.5. The van der Waals surface area contributed by atoms with Gasteiger partial charge in [-0.25, -0.2) is 0 Å². The first-order valence-corrected chi connectivity index (χ1v) is 11.5. The number of nitrogens with zero attached hydrogens (tertiary/aromatic N) is 3. The van der Waals surface area contributed by atoms with Crippen LogP contribution in [0.25, 0.3) is 0 Å². The molecule has 0 bridgehead atoms. The second-order valence-corrected chi connectivity index (χ2v) is 9.50. The average molecular weight is 434 g/mol. The van der Waals surface area contributed by atoms with Crippen LogP contribution in [0, 0.1) is 0 Å². The van der Waals surface area contributed by atoms with Gasteiger partial charge in [-0.05, 0) is 43.6 Å². The molecule has 3 aliphatic heterocycles. The summed E-state index contributed by atoms with van der Waals surface area (Å²) < 4.78 is 5.96. The van der Waals surface area contributed by atoms with Crippen LogP contribution in [0.5, 0.6) is 5.75 Å². The minimum atomic E-state index is -0.438. The number of ether oxygens (including phenoxy) is 1. The smallest absolute Gasteiger partial charge is 0.245 e. The van der Waals surface area contributed by atoms with Crippen molar-refractivity contribution in [3.8, 4) is 5.75 Å². The third-order valence-electron chi connectivity index (χ3n) is 7.39. The molecule has 168 valence electrons. The molecule has 1 spiro atoms. The van der Waals surface area contributed by atoms with E-state index in [2.05, 4.69) is 23.1 Å². The number of likely N-dealkylation sites (tertiary alicyclic amines) is 1. The van der Waals surface area contributed by atoms with Gasteiger partial charge >= 0.3 is 0 Å². The molecule has 0 saturated carbocycles. The molecule has 2 amide bonds. The summed E-state index contributed by atoms with van der Waals surface area (Å²) in [5.74, 6) is 1.04. The molecule has 0 radical (unpaired) electrons. The number of carbonyl (C=O) groups is 2. The van der Waals surface area contributed by atoms with E-state index >= 15 is 0 Å². The van der Waals surface area contributed by atoms with Gasteiger partial charge in [0.05, 0.1) is 6.61 Å². The molecule has 0 N–H and O–H groups in total. The number of carbonyl (C=O) groups excluding carboxylic acids is 2. The number of fused-ring (bicyclic) bond motifs is 3. The summed E-state index contributed by atoms with van der Waals surface area (Å²) in [6.45, 7) is 3.40. The summed E-state index contributed by atoms with van der Waals surface area (Å²) in [4.78, 5) is 31.8. The van der Waals surface area contributed by atoms with Gasteiger partial charge in [-0.15, -0.1) is 0 Å². The Kier molecular flexibility index (Phi) is 5.41. The van der Waals surface area contributed by atoms with Crippen LogP contribution < -0.4 is 9.64 Å². The SMILES string of the molecule is CN(C)C(=O)[C@@H]1Cc2ccccc2N1C(=O)CCN1CCC2(CC1)COc1ccccc12. The summed E-state index contributed by atoms with van der Waals surface area (Å²) in [5.41, 5.74) is 3.42. The number of hydrogen-bond donors (Lipinski definition) is 0. The maximum absolute atomic E-state index is 13.3. The Morgan fingerprint density at radius 3 is 2.56 bits per heavy atom. The zero-order chi connectivity index (χ0) is 22.3. The number of hydrogen-bond acceptors (Lipinski definition) is 4. The topological polar surface area (TPSA) is 53.1 Å². The molecule has 3 aliphatic rings. The van der Waals surface area contributed by atoms with Crippen molar-refractivity contribution in [2.75, 3.05) is 45.2 Å². The minimum absolute atomic E-state index is 0.0191. The number of benzene rings is 2.